The second-order valence-electron chi connectivity index (χ2n) is 9.27. The molecule has 0 aliphatic rings. The summed E-state index contributed by atoms with van der Waals surface area (Å²) >= 11 is 9.46. The number of ether oxygens (including phenoxy) is 3. The van der Waals surface area contributed by atoms with E-state index in [9.17, 15) is 13.2 Å². The van der Waals surface area contributed by atoms with Gasteiger partial charge in [0, 0.05) is 11.1 Å². The first-order valence-corrected chi connectivity index (χ1v) is 15.5. The molecule has 224 valence electrons. The van der Waals surface area contributed by atoms with Gasteiger partial charge in [0.2, 0.25) is 0 Å². The highest BCUT2D eigenvalue weighted by molar-refractivity contribution is 9.10. The van der Waals surface area contributed by atoms with Crippen molar-refractivity contribution in [1.29, 1.82) is 0 Å². The van der Waals surface area contributed by atoms with E-state index in [1.807, 2.05) is 19.1 Å². The number of nitrogens with one attached hydrogen (secondary N) is 1. The highest BCUT2D eigenvalue weighted by Gasteiger charge is 2.27. The summed E-state index contributed by atoms with van der Waals surface area (Å²) in [5.74, 6) is 0.738. The quantitative estimate of drug-likeness (QED) is 0.138. The summed E-state index contributed by atoms with van der Waals surface area (Å²) in [6.45, 7) is 1.63. The molecule has 0 atom stereocenters. The Morgan fingerprint density at radius 2 is 1.72 bits per heavy atom. The molecule has 9 nitrogen and oxygen atoms in total. The molecule has 0 bridgehead atoms. The van der Waals surface area contributed by atoms with Crippen molar-refractivity contribution >= 4 is 55.4 Å². The topological polar surface area (TPSA) is 107 Å². The maximum atomic E-state index is 13.6. The van der Waals surface area contributed by atoms with Gasteiger partial charge in [0.25, 0.3) is 15.9 Å². The number of sulfonamides is 1. The third-order valence-electron chi connectivity index (χ3n) is 6.19. The normalized spacial score (nSPS) is 11.3. The van der Waals surface area contributed by atoms with Crippen LogP contribution in [0.25, 0.3) is 0 Å². The van der Waals surface area contributed by atoms with E-state index in [-0.39, 0.29) is 10.6 Å². The van der Waals surface area contributed by atoms with Crippen LogP contribution in [0.15, 0.2) is 99.4 Å². The minimum atomic E-state index is -4.09. The summed E-state index contributed by atoms with van der Waals surface area (Å²) in [7, 11) is -1.10. The van der Waals surface area contributed by atoms with Crippen LogP contribution in [0.4, 0.5) is 5.69 Å². The Hall–Kier alpha value is -4.06. The van der Waals surface area contributed by atoms with E-state index in [4.69, 9.17) is 25.8 Å². The third kappa shape index (κ3) is 8.28. The summed E-state index contributed by atoms with van der Waals surface area (Å²) < 4.78 is 45.6. The first-order valence-electron chi connectivity index (χ1n) is 12.9. The van der Waals surface area contributed by atoms with E-state index >= 15 is 0 Å². The molecule has 4 aromatic carbocycles. The van der Waals surface area contributed by atoms with Crippen molar-refractivity contribution in [2.24, 2.45) is 5.10 Å². The number of rotatable bonds is 12. The number of anilines is 1. The average molecular weight is 687 g/mol. The van der Waals surface area contributed by atoms with Gasteiger partial charge in [-0.15, -0.1) is 0 Å². The van der Waals surface area contributed by atoms with Gasteiger partial charge in [0.15, 0.2) is 11.5 Å². The molecule has 0 aliphatic carbocycles. The molecule has 0 radical (unpaired) electrons. The maximum Gasteiger partial charge on any atom is 0.264 e. The van der Waals surface area contributed by atoms with Crippen LogP contribution in [-0.2, 0) is 21.4 Å². The van der Waals surface area contributed by atoms with Gasteiger partial charge in [-0.25, -0.2) is 13.8 Å². The second-order valence-corrected chi connectivity index (χ2v) is 12.4. The fraction of sp³-hybridized carbons (Fsp3) is 0.161. The fourth-order valence-electron chi connectivity index (χ4n) is 3.95. The Balaban J connectivity index is 1.50. The average Bonchev–Trinajstić information content (AvgIpc) is 3.00. The zero-order valence-corrected chi connectivity index (χ0v) is 26.7. The summed E-state index contributed by atoms with van der Waals surface area (Å²) in [5.41, 5.74) is 5.11. The van der Waals surface area contributed by atoms with Crippen LogP contribution < -0.4 is 23.9 Å². The van der Waals surface area contributed by atoms with Crippen molar-refractivity contribution in [2.45, 2.75) is 18.4 Å². The lowest BCUT2D eigenvalue weighted by Gasteiger charge is -2.24. The monoisotopic (exact) mass is 685 g/mol. The van der Waals surface area contributed by atoms with E-state index in [1.165, 1.54) is 32.6 Å². The molecule has 43 heavy (non-hydrogen) atoms. The number of hydrazone groups is 1. The van der Waals surface area contributed by atoms with Crippen LogP contribution in [0.3, 0.4) is 0 Å². The van der Waals surface area contributed by atoms with Gasteiger partial charge in [-0.05, 0) is 82.5 Å². The highest BCUT2D eigenvalue weighted by Crippen LogP contribution is 2.37. The number of benzene rings is 4. The Labute approximate surface area is 264 Å². The van der Waals surface area contributed by atoms with Gasteiger partial charge in [-0.2, -0.15) is 5.10 Å². The summed E-state index contributed by atoms with van der Waals surface area (Å²) in [6.07, 6.45) is 1.42. The SMILES string of the molecule is COc1cccc(N(CC(=O)N/N=C/c2cc(Br)c(OCc3ccc(Cl)cc3)c(OC)c2)S(=O)(=O)c2ccc(C)cc2)c1. The molecule has 0 unspecified atom stereocenters. The van der Waals surface area contributed by atoms with Crippen molar-refractivity contribution in [3.63, 3.8) is 0 Å². The molecule has 0 saturated heterocycles. The van der Waals surface area contributed by atoms with E-state index in [0.29, 0.717) is 38.9 Å². The van der Waals surface area contributed by atoms with Crippen LogP contribution in [0.5, 0.6) is 17.2 Å². The number of hydrogen-bond donors (Lipinski definition) is 1. The molecule has 0 aromatic heterocycles. The Kier molecular flexibility index (Phi) is 10.7. The zero-order valence-electron chi connectivity index (χ0n) is 23.6. The van der Waals surface area contributed by atoms with Crippen LogP contribution in [-0.4, -0.2) is 41.3 Å². The fourth-order valence-corrected chi connectivity index (χ4v) is 6.07. The largest absolute Gasteiger partial charge is 0.497 e. The minimum Gasteiger partial charge on any atom is -0.497 e. The summed E-state index contributed by atoms with van der Waals surface area (Å²) in [6, 6.07) is 23.6. The molecular weight excluding hydrogens is 658 g/mol. The van der Waals surface area contributed by atoms with E-state index in [2.05, 4.69) is 26.5 Å². The lowest BCUT2D eigenvalue weighted by Crippen LogP contribution is -2.39. The van der Waals surface area contributed by atoms with Crippen LogP contribution in [0.2, 0.25) is 5.02 Å². The van der Waals surface area contributed by atoms with Gasteiger partial charge in [0.1, 0.15) is 18.9 Å². The standard InChI is InChI=1S/C31H29BrClN3O6S/c1-21-7-13-27(14-8-21)43(38,39)36(25-5-4-6-26(17-25)40-2)19-30(37)35-34-18-23-15-28(32)31(29(16-23)41-3)42-20-22-9-11-24(33)12-10-22/h4-18H,19-20H2,1-3H3,(H,35,37)/b34-18+. The molecule has 0 aliphatic heterocycles. The number of amides is 1. The van der Waals surface area contributed by atoms with Crippen molar-refractivity contribution in [2.75, 3.05) is 25.1 Å². The second kappa shape index (κ2) is 14.4. The zero-order chi connectivity index (χ0) is 31.0. The molecule has 0 fully saturated rings. The molecular formula is C31H29BrClN3O6S. The summed E-state index contributed by atoms with van der Waals surface area (Å²) in [5, 5.41) is 4.67. The first kappa shape index (κ1) is 31.9. The van der Waals surface area contributed by atoms with Gasteiger partial charge >= 0.3 is 0 Å². The number of halogens is 2. The predicted molar refractivity (Wildman–Crippen MR) is 171 cm³/mol. The molecule has 0 heterocycles. The van der Waals surface area contributed by atoms with E-state index in [1.54, 1.807) is 60.7 Å². The third-order valence-corrected chi connectivity index (χ3v) is 8.82. The van der Waals surface area contributed by atoms with Crippen LogP contribution in [0, 0.1) is 6.92 Å². The van der Waals surface area contributed by atoms with Crippen molar-refractivity contribution in [3.05, 3.63) is 111 Å². The van der Waals surface area contributed by atoms with Gasteiger partial charge in [0.05, 0.1) is 35.5 Å². The Morgan fingerprint density at radius 3 is 2.40 bits per heavy atom. The molecule has 1 amide bonds. The van der Waals surface area contributed by atoms with Crippen LogP contribution >= 0.6 is 27.5 Å². The number of nitrogens with zero attached hydrogens (tertiary/aromatic N) is 2. The summed E-state index contributed by atoms with van der Waals surface area (Å²) in [4.78, 5) is 13.0. The minimum absolute atomic E-state index is 0.0486. The molecule has 4 aromatic rings. The maximum absolute atomic E-state index is 13.6. The lowest BCUT2D eigenvalue weighted by atomic mass is 10.2. The molecule has 0 spiro atoms. The number of carbonyl (C=O) groups is 1. The van der Waals surface area contributed by atoms with E-state index < -0.39 is 22.5 Å². The van der Waals surface area contributed by atoms with Crippen molar-refractivity contribution in [1.82, 2.24) is 5.43 Å². The predicted octanol–water partition coefficient (Wildman–Crippen LogP) is 6.35. The molecule has 12 heteroatoms. The molecule has 4 rings (SSSR count). The van der Waals surface area contributed by atoms with Crippen molar-refractivity contribution in [3.8, 4) is 17.2 Å². The van der Waals surface area contributed by atoms with Gasteiger partial charge < -0.3 is 14.2 Å². The number of hydrogen-bond acceptors (Lipinski definition) is 7. The van der Waals surface area contributed by atoms with E-state index in [0.717, 1.165) is 15.4 Å². The van der Waals surface area contributed by atoms with Crippen LogP contribution in [0.1, 0.15) is 16.7 Å². The highest BCUT2D eigenvalue weighted by atomic mass is 79.9. The van der Waals surface area contributed by atoms with Gasteiger partial charge in [-0.3, -0.25) is 9.10 Å². The number of methoxy groups -OCH3 is 2. The molecule has 1 N–H and O–H groups in total. The van der Waals surface area contributed by atoms with Crippen molar-refractivity contribution < 1.29 is 27.4 Å². The Bertz CT molecular complexity index is 1710. The van der Waals surface area contributed by atoms with Gasteiger partial charge in [-0.1, -0.05) is 47.5 Å². The number of aryl methyl sites for hydroxylation is 1. The Morgan fingerprint density at radius 1 is 1.00 bits per heavy atom. The first-order chi connectivity index (χ1) is 20.6. The smallest absolute Gasteiger partial charge is 0.264 e. The lowest BCUT2D eigenvalue weighted by molar-refractivity contribution is -0.119. The molecule has 0 saturated carbocycles. The number of carbonyl (C=O) groups excluding carboxylic acids is 1.